The summed E-state index contributed by atoms with van der Waals surface area (Å²) in [4.78, 5) is 0. The summed E-state index contributed by atoms with van der Waals surface area (Å²) in [5, 5.41) is 0.845. The Labute approximate surface area is 174 Å². The van der Waals surface area contributed by atoms with Gasteiger partial charge in [0, 0.05) is 0 Å². The largest absolute Gasteiger partial charge is 0.0954 e. The van der Waals surface area contributed by atoms with Crippen LogP contribution in [0.4, 0.5) is 0 Å². The lowest BCUT2D eigenvalue weighted by atomic mass is 9.69. The maximum Gasteiger partial charge on any atom is -0.00903 e. The molecule has 0 amide bonds. The van der Waals surface area contributed by atoms with Crippen molar-refractivity contribution in [3.05, 3.63) is 71.8 Å². The van der Waals surface area contributed by atoms with Crippen molar-refractivity contribution in [2.75, 3.05) is 6.16 Å². The van der Waals surface area contributed by atoms with Crippen LogP contribution in [0.1, 0.15) is 83.8 Å². The molecule has 3 unspecified atom stereocenters. The van der Waals surface area contributed by atoms with Crippen molar-refractivity contribution < 1.29 is 0 Å². The van der Waals surface area contributed by atoms with E-state index in [1.165, 1.54) is 36.6 Å². The second kappa shape index (κ2) is 8.71. The Hall–Kier alpha value is -1.13. The fourth-order valence-electron chi connectivity index (χ4n) is 5.40. The van der Waals surface area contributed by atoms with Crippen molar-refractivity contribution in [1.82, 2.24) is 0 Å². The van der Waals surface area contributed by atoms with Gasteiger partial charge in [-0.25, -0.2) is 0 Å². The zero-order chi connectivity index (χ0) is 20.4. The molecule has 0 aliphatic heterocycles. The Balaban J connectivity index is 1.85. The van der Waals surface area contributed by atoms with E-state index >= 15 is 0 Å². The first-order valence-electron chi connectivity index (χ1n) is 11.0. The third kappa shape index (κ3) is 5.27. The molecular formula is C27H39P. The molecule has 0 N–H and O–H groups in total. The van der Waals surface area contributed by atoms with Crippen molar-refractivity contribution in [2.45, 2.75) is 83.0 Å². The third-order valence-electron chi connectivity index (χ3n) is 6.47. The van der Waals surface area contributed by atoms with Gasteiger partial charge < -0.3 is 0 Å². The van der Waals surface area contributed by atoms with Crippen LogP contribution < -0.4 is 0 Å². The molecule has 1 aliphatic rings. The van der Waals surface area contributed by atoms with Gasteiger partial charge in [0.2, 0.25) is 0 Å². The first-order chi connectivity index (χ1) is 13.2. The summed E-state index contributed by atoms with van der Waals surface area (Å²) in [6, 6.07) is 22.6. The first kappa shape index (κ1) is 21.6. The van der Waals surface area contributed by atoms with Crippen LogP contribution in [-0.2, 0) is 0 Å². The van der Waals surface area contributed by atoms with Crippen LogP contribution in [0.25, 0.3) is 0 Å². The second-order valence-electron chi connectivity index (χ2n) is 10.7. The van der Waals surface area contributed by atoms with Gasteiger partial charge in [-0.3, -0.25) is 0 Å². The predicted molar refractivity (Wildman–Crippen MR) is 127 cm³/mol. The molecule has 1 saturated carbocycles. The fraction of sp³-hybridized carbons (Fsp3) is 0.556. The molecule has 2 aromatic carbocycles. The van der Waals surface area contributed by atoms with Crippen LogP contribution in [0, 0.1) is 5.92 Å². The summed E-state index contributed by atoms with van der Waals surface area (Å²) in [5.74, 6) is 2.17. The van der Waals surface area contributed by atoms with E-state index in [9.17, 15) is 0 Å². The van der Waals surface area contributed by atoms with Crippen molar-refractivity contribution in [3.63, 3.8) is 0 Å². The smallest absolute Gasteiger partial charge is 0.00903 e. The summed E-state index contributed by atoms with van der Waals surface area (Å²) in [7, 11) is -0.0221. The molecule has 0 saturated heterocycles. The van der Waals surface area contributed by atoms with Gasteiger partial charge in [0.25, 0.3) is 0 Å². The topological polar surface area (TPSA) is 0 Å². The molecule has 3 rings (SSSR count). The molecule has 0 aromatic heterocycles. The molecule has 0 nitrogen and oxygen atoms in total. The highest BCUT2D eigenvalue weighted by molar-refractivity contribution is 7.60. The van der Waals surface area contributed by atoms with E-state index in [0.717, 1.165) is 5.92 Å². The van der Waals surface area contributed by atoms with Crippen molar-refractivity contribution in [2.24, 2.45) is 5.92 Å². The number of hydrogen-bond acceptors (Lipinski definition) is 0. The molecule has 0 spiro atoms. The highest BCUT2D eigenvalue weighted by Gasteiger charge is 2.39. The van der Waals surface area contributed by atoms with Gasteiger partial charge in [-0.05, 0) is 64.6 Å². The monoisotopic (exact) mass is 394 g/mol. The molecule has 1 aliphatic carbocycles. The molecule has 1 fully saturated rings. The van der Waals surface area contributed by atoms with Gasteiger partial charge in [-0.1, -0.05) is 110 Å². The van der Waals surface area contributed by atoms with Gasteiger partial charge in [-0.15, -0.1) is 0 Å². The van der Waals surface area contributed by atoms with E-state index < -0.39 is 0 Å². The van der Waals surface area contributed by atoms with Crippen LogP contribution in [0.3, 0.4) is 0 Å². The lowest BCUT2D eigenvalue weighted by molar-refractivity contribution is 0.307. The standard InChI is InChI=1S/C27H39P/c1-26(2,3)28(27(4,5)6)20-21-17-18-24(22-13-9-7-10-14-22)25(19-21)23-15-11-8-12-16-23/h7-16,21,24-25H,17-20H2,1-6H3. The zero-order valence-electron chi connectivity index (χ0n) is 18.8. The van der Waals surface area contributed by atoms with Gasteiger partial charge >= 0.3 is 0 Å². The molecule has 3 atom stereocenters. The lowest BCUT2D eigenvalue weighted by Gasteiger charge is -2.46. The molecule has 1 heteroatoms. The Morgan fingerprint density at radius 1 is 0.679 bits per heavy atom. The minimum atomic E-state index is -0.0221. The summed E-state index contributed by atoms with van der Waals surface area (Å²) in [5.41, 5.74) is 3.07. The Morgan fingerprint density at radius 2 is 1.14 bits per heavy atom. The number of benzene rings is 2. The highest BCUT2D eigenvalue weighted by Crippen LogP contribution is 2.62. The van der Waals surface area contributed by atoms with E-state index in [0.29, 0.717) is 22.1 Å². The Kier molecular flexibility index (Phi) is 6.71. The average Bonchev–Trinajstić information content (AvgIpc) is 2.65. The van der Waals surface area contributed by atoms with E-state index in [-0.39, 0.29) is 7.92 Å². The van der Waals surface area contributed by atoms with E-state index in [1.807, 2.05) is 0 Å². The molecule has 2 aromatic rings. The number of rotatable bonds is 4. The van der Waals surface area contributed by atoms with Crippen LogP contribution in [-0.4, -0.2) is 16.5 Å². The summed E-state index contributed by atoms with van der Waals surface area (Å²) in [6.45, 7) is 14.8. The Morgan fingerprint density at radius 3 is 1.61 bits per heavy atom. The van der Waals surface area contributed by atoms with Crippen LogP contribution in [0.15, 0.2) is 60.7 Å². The predicted octanol–water partition coefficient (Wildman–Crippen LogP) is 8.43. The quantitative estimate of drug-likeness (QED) is 0.456. The highest BCUT2D eigenvalue weighted by atomic mass is 31.1. The van der Waals surface area contributed by atoms with E-state index in [2.05, 4.69) is 102 Å². The molecule has 28 heavy (non-hydrogen) atoms. The number of hydrogen-bond donors (Lipinski definition) is 0. The normalized spacial score (nSPS) is 23.8. The van der Waals surface area contributed by atoms with E-state index in [1.54, 1.807) is 0 Å². The van der Waals surface area contributed by atoms with Gasteiger partial charge in [-0.2, -0.15) is 0 Å². The average molecular weight is 395 g/mol. The maximum absolute atomic E-state index is 2.47. The van der Waals surface area contributed by atoms with Gasteiger partial charge in [0.1, 0.15) is 0 Å². The Bertz CT molecular complexity index is 706. The summed E-state index contributed by atoms with van der Waals surface area (Å²) < 4.78 is 0. The second-order valence-corrected chi connectivity index (χ2v) is 14.6. The van der Waals surface area contributed by atoms with Gasteiger partial charge in [0.15, 0.2) is 0 Å². The fourth-order valence-corrected chi connectivity index (χ4v) is 9.36. The van der Waals surface area contributed by atoms with Crippen LogP contribution >= 0.6 is 7.92 Å². The van der Waals surface area contributed by atoms with Crippen LogP contribution in [0.2, 0.25) is 0 Å². The van der Waals surface area contributed by atoms with E-state index in [4.69, 9.17) is 0 Å². The molecule has 0 bridgehead atoms. The minimum absolute atomic E-state index is 0.0221. The third-order valence-corrected chi connectivity index (χ3v) is 10.6. The minimum Gasteiger partial charge on any atom is -0.0954 e. The van der Waals surface area contributed by atoms with Gasteiger partial charge in [0.05, 0.1) is 0 Å². The molecular weight excluding hydrogens is 355 g/mol. The van der Waals surface area contributed by atoms with Crippen molar-refractivity contribution in [3.8, 4) is 0 Å². The maximum atomic E-state index is 2.47. The molecule has 0 radical (unpaired) electrons. The van der Waals surface area contributed by atoms with Crippen molar-refractivity contribution in [1.29, 1.82) is 0 Å². The van der Waals surface area contributed by atoms with Crippen molar-refractivity contribution >= 4 is 7.92 Å². The lowest BCUT2D eigenvalue weighted by Crippen LogP contribution is -2.31. The molecule has 0 heterocycles. The summed E-state index contributed by atoms with van der Waals surface area (Å²) >= 11 is 0. The SMILES string of the molecule is CC(C)(C)P(CC1CCC(c2ccccc2)C(c2ccccc2)C1)C(C)(C)C. The zero-order valence-corrected chi connectivity index (χ0v) is 19.7. The van der Waals surface area contributed by atoms with Crippen LogP contribution in [0.5, 0.6) is 0 Å². The summed E-state index contributed by atoms with van der Waals surface area (Å²) in [6.07, 6.45) is 5.47. The molecule has 152 valence electrons. The first-order valence-corrected chi connectivity index (χ1v) is 12.6.